The van der Waals surface area contributed by atoms with Crippen molar-refractivity contribution in [3.63, 3.8) is 0 Å². The highest BCUT2D eigenvalue weighted by molar-refractivity contribution is 5.26. The SMILES string of the molecule is CCOc1ccc(COCCCCCCOC)cc1. The first-order valence-electron chi connectivity index (χ1n) is 7.15. The molecule has 0 aliphatic heterocycles. The summed E-state index contributed by atoms with van der Waals surface area (Å²) < 4.78 is 16.1. The fourth-order valence-electron chi connectivity index (χ4n) is 1.84. The maximum atomic E-state index is 5.65. The van der Waals surface area contributed by atoms with Gasteiger partial charge in [-0.05, 0) is 37.5 Å². The average Bonchev–Trinajstić information content (AvgIpc) is 2.44. The van der Waals surface area contributed by atoms with E-state index in [0.29, 0.717) is 13.2 Å². The number of hydrogen-bond donors (Lipinski definition) is 0. The molecule has 0 aliphatic rings. The fraction of sp³-hybridized carbons (Fsp3) is 0.625. The van der Waals surface area contributed by atoms with Gasteiger partial charge in [0.25, 0.3) is 0 Å². The van der Waals surface area contributed by atoms with E-state index in [1.54, 1.807) is 7.11 Å². The van der Waals surface area contributed by atoms with Crippen LogP contribution in [0.4, 0.5) is 0 Å². The van der Waals surface area contributed by atoms with Crippen molar-refractivity contribution in [1.82, 2.24) is 0 Å². The van der Waals surface area contributed by atoms with E-state index < -0.39 is 0 Å². The predicted octanol–water partition coefficient (Wildman–Crippen LogP) is 3.81. The second-order valence-electron chi connectivity index (χ2n) is 4.54. The predicted molar refractivity (Wildman–Crippen MR) is 77.6 cm³/mol. The topological polar surface area (TPSA) is 27.7 Å². The molecule has 19 heavy (non-hydrogen) atoms. The number of methoxy groups -OCH3 is 1. The summed E-state index contributed by atoms with van der Waals surface area (Å²) >= 11 is 0. The summed E-state index contributed by atoms with van der Waals surface area (Å²) in [6.45, 7) is 5.08. The molecule has 1 aromatic rings. The lowest BCUT2D eigenvalue weighted by Crippen LogP contribution is -1.97. The molecule has 0 spiro atoms. The summed E-state index contributed by atoms with van der Waals surface area (Å²) in [7, 11) is 1.75. The van der Waals surface area contributed by atoms with Gasteiger partial charge in [0.05, 0.1) is 13.2 Å². The van der Waals surface area contributed by atoms with Crippen LogP contribution >= 0.6 is 0 Å². The molecule has 0 saturated heterocycles. The monoisotopic (exact) mass is 266 g/mol. The van der Waals surface area contributed by atoms with Crippen LogP contribution in [0.15, 0.2) is 24.3 Å². The van der Waals surface area contributed by atoms with Crippen LogP contribution in [-0.2, 0) is 16.1 Å². The van der Waals surface area contributed by atoms with E-state index in [1.165, 1.54) is 18.4 Å². The van der Waals surface area contributed by atoms with E-state index in [4.69, 9.17) is 14.2 Å². The zero-order chi connectivity index (χ0) is 13.8. The smallest absolute Gasteiger partial charge is 0.119 e. The van der Waals surface area contributed by atoms with Crippen molar-refractivity contribution in [2.24, 2.45) is 0 Å². The van der Waals surface area contributed by atoms with Gasteiger partial charge < -0.3 is 14.2 Å². The summed E-state index contributed by atoms with van der Waals surface area (Å²) in [5.74, 6) is 0.921. The minimum Gasteiger partial charge on any atom is -0.494 e. The molecule has 3 nitrogen and oxygen atoms in total. The van der Waals surface area contributed by atoms with Gasteiger partial charge in [-0.25, -0.2) is 0 Å². The third-order valence-corrected chi connectivity index (χ3v) is 2.89. The van der Waals surface area contributed by atoms with Crippen molar-refractivity contribution in [3.05, 3.63) is 29.8 Å². The number of rotatable bonds is 11. The first kappa shape index (κ1) is 16.0. The summed E-state index contributed by atoms with van der Waals surface area (Å²) in [5, 5.41) is 0. The van der Waals surface area contributed by atoms with Crippen molar-refractivity contribution in [2.75, 3.05) is 26.9 Å². The van der Waals surface area contributed by atoms with E-state index in [2.05, 4.69) is 12.1 Å². The largest absolute Gasteiger partial charge is 0.494 e. The Balaban J connectivity index is 2.02. The number of benzene rings is 1. The molecule has 0 aromatic heterocycles. The van der Waals surface area contributed by atoms with E-state index in [0.717, 1.165) is 31.8 Å². The van der Waals surface area contributed by atoms with Crippen LogP contribution in [0.2, 0.25) is 0 Å². The first-order chi connectivity index (χ1) is 9.36. The summed E-state index contributed by atoms with van der Waals surface area (Å²) in [6, 6.07) is 8.10. The third kappa shape index (κ3) is 7.85. The molecule has 0 fully saturated rings. The molecule has 0 saturated carbocycles. The van der Waals surface area contributed by atoms with Gasteiger partial charge in [0, 0.05) is 20.3 Å². The number of ether oxygens (including phenoxy) is 3. The maximum Gasteiger partial charge on any atom is 0.119 e. The van der Waals surface area contributed by atoms with Gasteiger partial charge in [0.2, 0.25) is 0 Å². The Bertz CT molecular complexity index is 308. The van der Waals surface area contributed by atoms with Gasteiger partial charge in [0.15, 0.2) is 0 Å². The minimum absolute atomic E-state index is 0.685. The maximum absolute atomic E-state index is 5.65. The lowest BCUT2D eigenvalue weighted by Gasteiger charge is -2.06. The molecule has 0 N–H and O–H groups in total. The second-order valence-corrected chi connectivity index (χ2v) is 4.54. The van der Waals surface area contributed by atoms with E-state index in [1.807, 2.05) is 19.1 Å². The Hall–Kier alpha value is -1.06. The van der Waals surface area contributed by atoms with E-state index in [9.17, 15) is 0 Å². The van der Waals surface area contributed by atoms with Crippen molar-refractivity contribution < 1.29 is 14.2 Å². The summed E-state index contributed by atoms with van der Waals surface area (Å²) in [5.41, 5.74) is 1.20. The van der Waals surface area contributed by atoms with E-state index >= 15 is 0 Å². The third-order valence-electron chi connectivity index (χ3n) is 2.89. The average molecular weight is 266 g/mol. The standard InChI is InChI=1S/C16H26O3/c1-3-19-16-10-8-15(9-11-16)14-18-13-7-5-4-6-12-17-2/h8-11H,3-7,12-14H2,1-2H3. The van der Waals surface area contributed by atoms with Gasteiger partial charge in [-0.2, -0.15) is 0 Å². The molecular weight excluding hydrogens is 240 g/mol. The zero-order valence-corrected chi connectivity index (χ0v) is 12.2. The Morgan fingerprint density at radius 3 is 2.21 bits per heavy atom. The lowest BCUT2D eigenvalue weighted by atomic mass is 10.2. The molecule has 0 aliphatic carbocycles. The molecule has 0 unspecified atom stereocenters. The van der Waals surface area contributed by atoms with Crippen LogP contribution in [0.3, 0.4) is 0 Å². The highest BCUT2D eigenvalue weighted by Crippen LogP contribution is 2.13. The van der Waals surface area contributed by atoms with Crippen LogP contribution in [0, 0.1) is 0 Å². The lowest BCUT2D eigenvalue weighted by molar-refractivity contribution is 0.115. The highest BCUT2D eigenvalue weighted by atomic mass is 16.5. The molecular formula is C16H26O3. The van der Waals surface area contributed by atoms with Gasteiger partial charge in [0.1, 0.15) is 5.75 Å². The van der Waals surface area contributed by atoms with Crippen LogP contribution in [0.25, 0.3) is 0 Å². The summed E-state index contributed by atoms with van der Waals surface area (Å²) in [4.78, 5) is 0. The molecule has 1 rings (SSSR count). The Morgan fingerprint density at radius 1 is 0.895 bits per heavy atom. The van der Waals surface area contributed by atoms with Gasteiger partial charge in [-0.3, -0.25) is 0 Å². The minimum atomic E-state index is 0.685. The van der Waals surface area contributed by atoms with Gasteiger partial charge in [-0.1, -0.05) is 25.0 Å². The molecule has 3 heteroatoms. The molecule has 0 heterocycles. The van der Waals surface area contributed by atoms with E-state index in [-0.39, 0.29) is 0 Å². The van der Waals surface area contributed by atoms with Crippen LogP contribution < -0.4 is 4.74 Å². The van der Waals surface area contributed by atoms with Gasteiger partial charge >= 0.3 is 0 Å². The fourth-order valence-corrected chi connectivity index (χ4v) is 1.84. The summed E-state index contributed by atoms with van der Waals surface area (Å²) in [6.07, 6.45) is 4.71. The molecule has 0 bridgehead atoms. The first-order valence-corrected chi connectivity index (χ1v) is 7.15. The van der Waals surface area contributed by atoms with Crippen molar-refractivity contribution in [2.45, 2.75) is 39.2 Å². The van der Waals surface area contributed by atoms with Crippen LogP contribution in [0.5, 0.6) is 5.75 Å². The van der Waals surface area contributed by atoms with Crippen molar-refractivity contribution >= 4 is 0 Å². The Morgan fingerprint density at radius 2 is 1.58 bits per heavy atom. The molecule has 1 aromatic carbocycles. The van der Waals surface area contributed by atoms with Crippen LogP contribution in [-0.4, -0.2) is 26.9 Å². The molecule has 0 atom stereocenters. The number of unbranched alkanes of at least 4 members (excludes halogenated alkanes) is 3. The molecule has 0 amide bonds. The molecule has 0 radical (unpaired) electrons. The van der Waals surface area contributed by atoms with Crippen molar-refractivity contribution in [1.29, 1.82) is 0 Å². The number of hydrogen-bond acceptors (Lipinski definition) is 3. The van der Waals surface area contributed by atoms with Crippen LogP contribution in [0.1, 0.15) is 38.2 Å². The molecule has 108 valence electrons. The Labute approximate surface area is 116 Å². The highest BCUT2D eigenvalue weighted by Gasteiger charge is 1.96. The zero-order valence-electron chi connectivity index (χ0n) is 12.2. The normalized spacial score (nSPS) is 10.6. The Kier molecular flexibility index (Phi) is 9.11. The second kappa shape index (κ2) is 10.8. The van der Waals surface area contributed by atoms with Crippen molar-refractivity contribution in [3.8, 4) is 5.75 Å². The van der Waals surface area contributed by atoms with Gasteiger partial charge in [-0.15, -0.1) is 0 Å². The quantitative estimate of drug-likeness (QED) is 0.570.